The molecule has 4 nitrogen and oxygen atoms in total. The van der Waals surface area contributed by atoms with Crippen molar-refractivity contribution in [3.05, 3.63) is 82.9 Å². The lowest BCUT2D eigenvalue weighted by atomic mass is 9.94. The maximum absolute atomic E-state index is 13.8. The number of amides is 2. The number of nitrogens with zero attached hydrogens (tertiary/aromatic N) is 1. The molecule has 2 aromatic carbocycles. The van der Waals surface area contributed by atoms with Gasteiger partial charge in [-0.2, -0.15) is 0 Å². The van der Waals surface area contributed by atoms with Gasteiger partial charge in [-0.25, -0.2) is 8.78 Å². The summed E-state index contributed by atoms with van der Waals surface area (Å²) in [6.07, 6.45) is 5.13. The third-order valence-electron chi connectivity index (χ3n) is 5.25. The maximum atomic E-state index is 13.8. The van der Waals surface area contributed by atoms with E-state index in [1.54, 1.807) is 37.3 Å². The Kier molecular flexibility index (Phi) is 6.42. The first kappa shape index (κ1) is 20.7. The number of rotatable bonds is 6. The van der Waals surface area contributed by atoms with Crippen molar-refractivity contribution in [2.75, 3.05) is 0 Å². The molecule has 2 amide bonds. The number of primary amides is 1. The van der Waals surface area contributed by atoms with Gasteiger partial charge >= 0.3 is 0 Å². The molecule has 29 heavy (non-hydrogen) atoms. The molecule has 1 aliphatic rings. The summed E-state index contributed by atoms with van der Waals surface area (Å²) in [5.41, 5.74) is 7.12. The Morgan fingerprint density at radius 3 is 2.21 bits per heavy atom. The number of nitrogens with two attached hydrogens (primary N) is 1. The van der Waals surface area contributed by atoms with Crippen LogP contribution in [0.5, 0.6) is 0 Å². The average Bonchev–Trinajstić information content (AvgIpc) is 2.71. The number of carbonyl (C=O) groups excluding carboxylic acids is 2. The van der Waals surface area contributed by atoms with Crippen molar-refractivity contribution in [2.45, 2.75) is 44.7 Å². The quantitative estimate of drug-likeness (QED) is 0.774. The van der Waals surface area contributed by atoms with Gasteiger partial charge in [0, 0.05) is 11.6 Å². The maximum Gasteiger partial charge on any atom is 0.250 e. The molecule has 0 radical (unpaired) electrons. The van der Waals surface area contributed by atoms with Gasteiger partial charge in [-0.05, 0) is 55.9 Å². The van der Waals surface area contributed by atoms with Gasteiger partial charge in [-0.3, -0.25) is 9.59 Å². The molecule has 0 fully saturated rings. The number of allylic oxidation sites excluding steroid dienone is 1. The van der Waals surface area contributed by atoms with Crippen molar-refractivity contribution in [1.29, 1.82) is 0 Å². The van der Waals surface area contributed by atoms with E-state index in [4.69, 9.17) is 5.73 Å². The van der Waals surface area contributed by atoms with Gasteiger partial charge in [0.25, 0.3) is 5.91 Å². The zero-order valence-electron chi connectivity index (χ0n) is 16.3. The van der Waals surface area contributed by atoms with E-state index in [-0.39, 0.29) is 11.5 Å². The Bertz CT molecular complexity index is 907. The van der Waals surface area contributed by atoms with Crippen molar-refractivity contribution < 1.29 is 18.4 Å². The molecule has 0 aliphatic heterocycles. The SMILES string of the molecule is C[C@H](c1cc(F)cc(F)c1)N(C(=O)C1=CCCCC1)[C@@H](C(N)=O)c1ccccc1. The van der Waals surface area contributed by atoms with Crippen molar-refractivity contribution in [2.24, 2.45) is 5.73 Å². The van der Waals surface area contributed by atoms with E-state index in [1.165, 1.54) is 17.0 Å². The minimum Gasteiger partial charge on any atom is -0.368 e. The summed E-state index contributed by atoms with van der Waals surface area (Å²) < 4.78 is 27.7. The number of benzene rings is 2. The van der Waals surface area contributed by atoms with Crippen LogP contribution >= 0.6 is 0 Å². The molecule has 2 N–H and O–H groups in total. The van der Waals surface area contributed by atoms with Gasteiger partial charge in [0.15, 0.2) is 0 Å². The number of hydrogen-bond donors (Lipinski definition) is 1. The first-order chi connectivity index (χ1) is 13.9. The topological polar surface area (TPSA) is 63.4 Å². The Hall–Kier alpha value is -3.02. The smallest absolute Gasteiger partial charge is 0.250 e. The van der Waals surface area contributed by atoms with Crippen LogP contribution in [-0.2, 0) is 9.59 Å². The lowest BCUT2D eigenvalue weighted by Crippen LogP contribution is -2.44. The second-order valence-electron chi connectivity index (χ2n) is 7.28. The molecule has 0 saturated heterocycles. The van der Waals surface area contributed by atoms with E-state index < -0.39 is 29.6 Å². The lowest BCUT2D eigenvalue weighted by molar-refractivity contribution is -0.139. The molecular formula is C23H24F2N2O2. The van der Waals surface area contributed by atoms with Crippen molar-refractivity contribution in [3.8, 4) is 0 Å². The van der Waals surface area contributed by atoms with E-state index in [9.17, 15) is 18.4 Å². The summed E-state index contributed by atoms with van der Waals surface area (Å²) in [5.74, 6) is -2.53. The minimum atomic E-state index is -1.06. The van der Waals surface area contributed by atoms with Crippen LogP contribution in [0.15, 0.2) is 60.2 Å². The Balaban J connectivity index is 2.10. The number of hydrogen-bond acceptors (Lipinski definition) is 2. The predicted octanol–water partition coefficient (Wildman–Crippen LogP) is 4.58. The zero-order valence-corrected chi connectivity index (χ0v) is 16.3. The fraction of sp³-hybridized carbons (Fsp3) is 0.304. The largest absolute Gasteiger partial charge is 0.368 e. The van der Waals surface area contributed by atoms with Crippen LogP contribution < -0.4 is 5.73 Å². The van der Waals surface area contributed by atoms with Crippen LogP contribution in [0, 0.1) is 11.6 Å². The fourth-order valence-corrected chi connectivity index (χ4v) is 3.79. The molecule has 0 bridgehead atoms. The number of carbonyl (C=O) groups is 2. The van der Waals surface area contributed by atoms with E-state index in [2.05, 4.69) is 0 Å². The molecule has 0 spiro atoms. The third-order valence-corrected chi connectivity index (χ3v) is 5.25. The Morgan fingerprint density at radius 1 is 1.00 bits per heavy atom. The highest BCUT2D eigenvalue weighted by molar-refractivity contribution is 5.97. The summed E-state index contributed by atoms with van der Waals surface area (Å²) >= 11 is 0. The monoisotopic (exact) mass is 398 g/mol. The molecule has 6 heteroatoms. The average molecular weight is 398 g/mol. The van der Waals surface area contributed by atoms with Crippen LogP contribution in [-0.4, -0.2) is 16.7 Å². The summed E-state index contributed by atoms with van der Waals surface area (Å²) in [5, 5.41) is 0. The second-order valence-corrected chi connectivity index (χ2v) is 7.28. The summed E-state index contributed by atoms with van der Waals surface area (Å²) in [6, 6.07) is 10.0. The molecule has 1 aliphatic carbocycles. The molecule has 0 heterocycles. The van der Waals surface area contributed by atoms with Gasteiger partial charge in [0.2, 0.25) is 5.91 Å². The highest BCUT2D eigenvalue weighted by atomic mass is 19.1. The van der Waals surface area contributed by atoms with E-state index in [0.717, 1.165) is 25.3 Å². The molecule has 3 rings (SSSR count). The number of halogens is 2. The minimum absolute atomic E-state index is 0.259. The van der Waals surface area contributed by atoms with E-state index >= 15 is 0 Å². The first-order valence-electron chi connectivity index (χ1n) is 9.70. The highest BCUT2D eigenvalue weighted by Crippen LogP contribution is 2.34. The van der Waals surface area contributed by atoms with Gasteiger partial charge in [0.05, 0.1) is 6.04 Å². The van der Waals surface area contributed by atoms with Gasteiger partial charge in [0.1, 0.15) is 17.7 Å². The standard InChI is InChI=1S/C23H24F2N2O2/c1-15(18-12-19(24)14-20(25)13-18)27(23(29)17-10-6-3-7-11-17)21(22(26)28)16-8-4-2-5-9-16/h2,4-5,8-10,12-15,21H,3,6-7,11H2,1H3,(H2,26,28)/t15-,21-/m1/s1. The lowest BCUT2D eigenvalue weighted by Gasteiger charge is -2.36. The van der Waals surface area contributed by atoms with Crippen LogP contribution in [0.1, 0.15) is 55.8 Å². The zero-order chi connectivity index (χ0) is 21.0. The van der Waals surface area contributed by atoms with Gasteiger partial charge < -0.3 is 10.6 Å². The normalized spacial score (nSPS) is 15.9. The molecule has 0 unspecified atom stereocenters. The van der Waals surface area contributed by atoms with E-state index in [0.29, 0.717) is 17.6 Å². The Labute approximate surface area is 169 Å². The van der Waals surface area contributed by atoms with Crippen molar-refractivity contribution >= 4 is 11.8 Å². The Morgan fingerprint density at radius 2 is 1.66 bits per heavy atom. The molecule has 2 atom stereocenters. The molecule has 0 aromatic heterocycles. The van der Waals surface area contributed by atoms with Gasteiger partial charge in [-0.1, -0.05) is 36.4 Å². The van der Waals surface area contributed by atoms with Crippen molar-refractivity contribution in [3.63, 3.8) is 0 Å². The molecule has 2 aromatic rings. The van der Waals surface area contributed by atoms with E-state index in [1.807, 2.05) is 6.08 Å². The van der Waals surface area contributed by atoms with Crippen molar-refractivity contribution in [1.82, 2.24) is 4.90 Å². The van der Waals surface area contributed by atoms with Gasteiger partial charge in [-0.15, -0.1) is 0 Å². The third kappa shape index (κ3) is 4.70. The highest BCUT2D eigenvalue weighted by Gasteiger charge is 2.35. The molecule has 0 saturated carbocycles. The summed E-state index contributed by atoms with van der Waals surface area (Å²) in [4.78, 5) is 27.3. The summed E-state index contributed by atoms with van der Waals surface area (Å²) in [6.45, 7) is 1.65. The van der Waals surface area contributed by atoms with Crippen LogP contribution in [0.25, 0.3) is 0 Å². The van der Waals surface area contributed by atoms with Crippen LogP contribution in [0.2, 0.25) is 0 Å². The summed E-state index contributed by atoms with van der Waals surface area (Å²) in [7, 11) is 0. The van der Waals surface area contributed by atoms with Crippen LogP contribution in [0.3, 0.4) is 0 Å². The predicted molar refractivity (Wildman–Crippen MR) is 107 cm³/mol. The van der Waals surface area contributed by atoms with Crippen LogP contribution in [0.4, 0.5) is 8.78 Å². The first-order valence-corrected chi connectivity index (χ1v) is 9.70. The second kappa shape index (κ2) is 8.99. The molecule has 152 valence electrons. The molecular weight excluding hydrogens is 374 g/mol. The fourth-order valence-electron chi connectivity index (χ4n) is 3.79.